The SMILES string of the molecule is CC(C)C(=O)N(CCC(=O)O)c1ncn[nH]1. The van der Waals surface area contributed by atoms with Crippen molar-refractivity contribution in [3.8, 4) is 0 Å². The summed E-state index contributed by atoms with van der Waals surface area (Å²) in [6.07, 6.45) is 1.15. The van der Waals surface area contributed by atoms with Crippen molar-refractivity contribution in [2.24, 2.45) is 5.92 Å². The van der Waals surface area contributed by atoms with Gasteiger partial charge in [0.05, 0.1) is 6.42 Å². The summed E-state index contributed by atoms with van der Waals surface area (Å²) in [4.78, 5) is 27.4. The number of aromatic amines is 1. The standard InChI is InChI=1S/C9H14N4O3/c1-6(2)8(16)13(4-3-7(14)15)9-10-5-11-12-9/h5-6H,3-4H2,1-2H3,(H,14,15)(H,10,11,12). The van der Waals surface area contributed by atoms with Gasteiger partial charge in [-0.15, -0.1) is 0 Å². The van der Waals surface area contributed by atoms with Gasteiger partial charge < -0.3 is 5.11 Å². The normalized spacial score (nSPS) is 10.4. The molecule has 0 spiro atoms. The third-order valence-electron chi connectivity index (χ3n) is 1.97. The molecule has 1 aromatic rings. The van der Waals surface area contributed by atoms with Gasteiger partial charge in [-0.05, 0) is 0 Å². The second-order valence-electron chi connectivity index (χ2n) is 3.60. The largest absolute Gasteiger partial charge is 0.481 e. The van der Waals surface area contributed by atoms with E-state index in [9.17, 15) is 9.59 Å². The van der Waals surface area contributed by atoms with E-state index in [4.69, 9.17) is 5.11 Å². The van der Waals surface area contributed by atoms with Crippen molar-refractivity contribution in [2.75, 3.05) is 11.4 Å². The van der Waals surface area contributed by atoms with E-state index in [1.807, 2.05) is 0 Å². The van der Waals surface area contributed by atoms with Gasteiger partial charge in [-0.1, -0.05) is 13.8 Å². The molecule has 7 nitrogen and oxygen atoms in total. The summed E-state index contributed by atoms with van der Waals surface area (Å²) in [5, 5.41) is 14.8. The Morgan fingerprint density at radius 1 is 1.56 bits per heavy atom. The van der Waals surface area contributed by atoms with Gasteiger partial charge in [-0.2, -0.15) is 10.1 Å². The maximum absolute atomic E-state index is 11.8. The first-order valence-electron chi connectivity index (χ1n) is 4.91. The maximum Gasteiger partial charge on any atom is 0.305 e. The fourth-order valence-corrected chi connectivity index (χ4v) is 1.17. The lowest BCUT2D eigenvalue weighted by molar-refractivity contribution is -0.136. The highest BCUT2D eigenvalue weighted by atomic mass is 16.4. The summed E-state index contributed by atoms with van der Waals surface area (Å²) in [6.45, 7) is 3.57. The Hall–Kier alpha value is -1.92. The van der Waals surface area contributed by atoms with Gasteiger partial charge in [0, 0.05) is 12.5 Å². The fourth-order valence-electron chi connectivity index (χ4n) is 1.17. The third-order valence-corrected chi connectivity index (χ3v) is 1.97. The number of carbonyl (C=O) groups is 2. The maximum atomic E-state index is 11.8. The van der Waals surface area contributed by atoms with Gasteiger partial charge in [0.1, 0.15) is 6.33 Å². The van der Waals surface area contributed by atoms with Gasteiger partial charge in [0.15, 0.2) is 0 Å². The highest BCUT2D eigenvalue weighted by Crippen LogP contribution is 2.10. The first-order chi connectivity index (χ1) is 7.52. The van der Waals surface area contributed by atoms with Crippen LogP contribution in [0.3, 0.4) is 0 Å². The zero-order valence-corrected chi connectivity index (χ0v) is 9.17. The van der Waals surface area contributed by atoms with E-state index in [0.717, 1.165) is 0 Å². The highest BCUT2D eigenvalue weighted by molar-refractivity contribution is 5.93. The molecule has 0 saturated carbocycles. The lowest BCUT2D eigenvalue weighted by Crippen LogP contribution is -2.36. The second kappa shape index (κ2) is 5.24. The number of anilines is 1. The number of carbonyl (C=O) groups excluding carboxylic acids is 1. The average Bonchev–Trinajstić information content (AvgIpc) is 2.70. The molecule has 1 rings (SSSR count). The predicted molar refractivity (Wildman–Crippen MR) is 55.8 cm³/mol. The van der Waals surface area contributed by atoms with Crippen molar-refractivity contribution < 1.29 is 14.7 Å². The number of carboxylic acids is 1. The molecule has 0 aliphatic rings. The van der Waals surface area contributed by atoms with Crippen LogP contribution in [0.15, 0.2) is 6.33 Å². The van der Waals surface area contributed by atoms with Crippen molar-refractivity contribution in [3.63, 3.8) is 0 Å². The smallest absolute Gasteiger partial charge is 0.305 e. The number of nitrogens with zero attached hydrogens (tertiary/aromatic N) is 3. The average molecular weight is 226 g/mol. The van der Waals surface area contributed by atoms with Crippen LogP contribution in [0.2, 0.25) is 0 Å². The van der Waals surface area contributed by atoms with E-state index >= 15 is 0 Å². The minimum Gasteiger partial charge on any atom is -0.481 e. The van der Waals surface area contributed by atoms with Gasteiger partial charge in [0.25, 0.3) is 0 Å². The Labute approximate surface area is 92.5 Å². The van der Waals surface area contributed by atoms with Crippen LogP contribution in [0.1, 0.15) is 20.3 Å². The van der Waals surface area contributed by atoms with Crippen molar-refractivity contribution in [3.05, 3.63) is 6.33 Å². The Morgan fingerprint density at radius 3 is 2.69 bits per heavy atom. The molecule has 0 aliphatic heterocycles. The molecule has 1 amide bonds. The van der Waals surface area contributed by atoms with Crippen molar-refractivity contribution in [2.45, 2.75) is 20.3 Å². The molecule has 0 radical (unpaired) electrons. The van der Waals surface area contributed by atoms with E-state index < -0.39 is 5.97 Å². The van der Waals surface area contributed by atoms with Gasteiger partial charge in [0.2, 0.25) is 11.9 Å². The number of hydrogen-bond donors (Lipinski definition) is 2. The van der Waals surface area contributed by atoms with Crippen LogP contribution in [0, 0.1) is 5.92 Å². The molecular weight excluding hydrogens is 212 g/mol. The topological polar surface area (TPSA) is 99.2 Å². The molecule has 0 bridgehead atoms. The summed E-state index contributed by atoms with van der Waals surface area (Å²) in [5.41, 5.74) is 0. The lowest BCUT2D eigenvalue weighted by atomic mass is 10.2. The number of H-pyrrole nitrogens is 1. The lowest BCUT2D eigenvalue weighted by Gasteiger charge is -2.20. The Kier molecular flexibility index (Phi) is 3.98. The summed E-state index contributed by atoms with van der Waals surface area (Å²) in [7, 11) is 0. The monoisotopic (exact) mass is 226 g/mol. The number of aromatic nitrogens is 3. The van der Waals surface area contributed by atoms with Crippen molar-refractivity contribution in [1.82, 2.24) is 15.2 Å². The van der Waals surface area contributed by atoms with Gasteiger partial charge in [-0.3, -0.25) is 14.5 Å². The van der Waals surface area contributed by atoms with E-state index in [1.165, 1.54) is 11.2 Å². The molecule has 1 heterocycles. The summed E-state index contributed by atoms with van der Waals surface area (Å²) >= 11 is 0. The fraction of sp³-hybridized carbons (Fsp3) is 0.556. The molecule has 0 aliphatic carbocycles. The number of nitrogens with one attached hydrogen (secondary N) is 1. The van der Waals surface area contributed by atoms with Crippen molar-refractivity contribution >= 4 is 17.8 Å². The molecule has 7 heteroatoms. The summed E-state index contributed by atoms with van der Waals surface area (Å²) in [6, 6.07) is 0. The van der Waals surface area contributed by atoms with Gasteiger partial charge in [-0.25, -0.2) is 5.10 Å². The van der Waals surface area contributed by atoms with Crippen LogP contribution in [-0.2, 0) is 9.59 Å². The van der Waals surface area contributed by atoms with Crippen LogP contribution in [0.5, 0.6) is 0 Å². The van der Waals surface area contributed by atoms with Gasteiger partial charge >= 0.3 is 5.97 Å². The van der Waals surface area contributed by atoms with Crippen LogP contribution >= 0.6 is 0 Å². The Balaban J connectivity index is 2.77. The first-order valence-corrected chi connectivity index (χ1v) is 4.91. The molecule has 0 unspecified atom stereocenters. The quantitative estimate of drug-likeness (QED) is 0.750. The Morgan fingerprint density at radius 2 is 2.25 bits per heavy atom. The Bertz CT molecular complexity index is 361. The zero-order valence-electron chi connectivity index (χ0n) is 9.17. The summed E-state index contributed by atoms with van der Waals surface area (Å²) in [5.74, 6) is -1.09. The number of rotatable bonds is 5. The number of carboxylic acid groups (broad SMARTS) is 1. The minimum atomic E-state index is -0.957. The van der Waals surface area contributed by atoms with Crippen LogP contribution in [0.4, 0.5) is 5.95 Å². The predicted octanol–water partition coefficient (Wildman–Crippen LogP) is 0.268. The first kappa shape index (κ1) is 12.2. The van der Waals surface area contributed by atoms with E-state index in [2.05, 4.69) is 15.2 Å². The third kappa shape index (κ3) is 3.04. The summed E-state index contributed by atoms with van der Waals surface area (Å²) < 4.78 is 0. The second-order valence-corrected chi connectivity index (χ2v) is 3.60. The van der Waals surface area contributed by atoms with E-state index in [-0.39, 0.29) is 30.7 Å². The molecule has 2 N–H and O–H groups in total. The minimum absolute atomic E-state index is 0.0849. The number of aliphatic carboxylic acids is 1. The molecule has 0 atom stereocenters. The number of amides is 1. The molecule has 88 valence electrons. The molecule has 1 aromatic heterocycles. The van der Waals surface area contributed by atoms with E-state index in [0.29, 0.717) is 0 Å². The van der Waals surface area contributed by atoms with Crippen LogP contribution in [-0.4, -0.2) is 38.7 Å². The molecule has 16 heavy (non-hydrogen) atoms. The molecule has 0 saturated heterocycles. The molecule has 0 aromatic carbocycles. The van der Waals surface area contributed by atoms with E-state index in [1.54, 1.807) is 13.8 Å². The van der Waals surface area contributed by atoms with Crippen LogP contribution in [0.25, 0.3) is 0 Å². The molecular formula is C9H14N4O3. The highest BCUT2D eigenvalue weighted by Gasteiger charge is 2.21. The van der Waals surface area contributed by atoms with Crippen molar-refractivity contribution in [1.29, 1.82) is 0 Å². The van der Waals surface area contributed by atoms with Crippen LogP contribution < -0.4 is 4.90 Å². The number of hydrogen-bond acceptors (Lipinski definition) is 4. The zero-order chi connectivity index (χ0) is 12.1. The molecule has 0 fully saturated rings.